The number of halogens is 1. The molecule has 6 N–H and O–H groups in total. The second-order valence-corrected chi connectivity index (χ2v) is 9.60. The zero-order valence-electron chi connectivity index (χ0n) is 19.4. The van der Waals surface area contributed by atoms with Gasteiger partial charge in [-0.05, 0) is 25.0 Å². The zero-order chi connectivity index (χ0) is 25.4. The number of anilines is 2. The number of aromatic nitrogens is 2. The molecule has 0 bridgehead atoms. The van der Waals surface area contributed by atoms with Crippen LogP contribution in [-0.4, -0.2) is 75.2 Å². The van der Waals surface area contributed by atoms with Crippen molar-refractivity contribution < 1.29 is 18.8 Å². The van der Waals surface area contributed by atoms with Crippen LogP contribution in [0.2, 0.25) is 5.15 Å². The molecule has 0 aliphatic carbocycles. The molecule has 1 unspecified atom stereocenters. The van der Waals surface area contributed by atoms with Crippen molar-refractivity contribution in [1.82, 2.24) is 30.4 Å². The summed E-state index contributed by atoms with van der Waals surface area (Å²) in [5.74, 6) is -0.230. The maximum Gasteiger partial charge on any atom is 0.280 e. The molecule has 36 heavy (non-hydrogen) atoms. The molecule has 190 valence electrons. The largest absolute Gasteiger partial charge is 0.467 e. The first kappa shape index (κ1) is 23.9. The number of aliphatic imine (C=N–C) groups is 1. The predicted octanol–water partition coefficient (Wildman–Crippen LogP) is -0.0137. The summed E-state index contributed by atoms with van der Waals surface area (Å²) in [6, 6.07) is 3.59. The minimum Gasteiger partial charge on any atom is -0.467 e. The first-order valence-electron chi connectivity index (χ1n) is 11.5. The first-order valence-corrected chi connectivity index (χ1v) is 11.9. The number of guanidine groups is 1. The highest BCUT2D eigenvalue weighted by molar-refractivity contribution is 6.31. The van der Waals surface area contributed by atoms with Gasteiger partial charge in [0, 0.05) is 26.1 Å². The number of carbonyl (C=O) groups is 3. The number of rotatable bonds is 4. The van der Waals surface area contributed by atoms with Gasteiger partial charge in [-0.1, -0.05) is 11.6 Å². The molecule has 5 rings (SSSR count). The first-order chi connectivity index (χ1) is 17.2. The van der Waals surface area contributed by atoms with Crippen LogP contribution >= 0.6 is 11.6 Å². The topological polar surface area (TPSA) is 185 Å². The van der Waals surface area contributed by atoms with E-state index in [1.165, 1.54) is 0 Å². The van der Waals surface area contributed by atoms with Gasteiger partial charge in [0.05, 0.1) is 30.8 Å². The van der Waals surface area contributed by atoms with E-state index in [-0.39, 0.29) is 52.2 Å². The maximum atomic E-state index is 13.1. The Labute approximate surface area is 211 Å². The molecule has 2 aromatic heterocycles. The lowest BCUT2D eigenvalue weighted by Gasteiger charge is -2.40. The van der Waals surface area contributed by atoms with Gasteiger partial charge in [-0.25, -0.2) is 9.97 Å². The minimum atomic E-state index is -0.609. The van der Waals surface area contributed by atoms with Crippen molar-refractivity contribution >= 4 is 46.9 Å². The fourth-order valence-electron chi connectivity index (χ4n) is 4.78. The molecule has 2 aromatic rings. The molecule has 2 fully saturated rings. The molecule has 14 heteroatoms. The number of piperidine rings is 1. The number of nitrogens with zero attached hydrogens (tertiary/aromatic N) is 5. The summed E-state index contributed by atoms with van der Waals surface area (Å²) in [5, 5.41) is 5.81. The third-order valence-corrected chi connectivity index (χ3v) is 7.08. The number of likely N-dealkylation sites (tertiary alicyclic amines) is 2. The summed E-state index contributed by atoms with van der Waals surface area (Å²) in [6.07, 6.45) is 3.07. The highest BCUT2D eigenvalue weighted by Gasteiger charge is 2.43. The monoisotopic (exact) mass is 515 g/mol. The van der Waals surface area contributed by atoms with Crippen LogP contribution in [0.1, 0.15) is 35.5 Å². The fourth-order valence-corrected chi connectivity index (χ4v) is 4.91. The summed E-state index contributed by atoms with van der Waals surface area (Å²) in [7, 11) is 0. The van der Waals surface area contributed by atoms with Crippen LogP contribution in [0, 0.1) is 5.92 Å². The van der Waals surface area contributed by atoms with Crippen LogP contribution in [0.15, 0.2) is 27.8 Å². The molecular weight excluding hydrogens is 490 g/mol. The van der Waals surface area contributed by atoms with Gasteiger partial charge < -0.3 is 31.0 Å². The van der Waals surface area contributed by atoms with Crippen LogP contribution in [-0.2, 0) is 16.1 Å². The second-order valence-electron chi connectivity index (χ2n) is 9.24. The van der Waals surface area contributed by atoms with Crippen LogP contribution in [0.25, 0.3) is 0 Å². The molecule has 5 heterocycles. The van der Waals surface area contributed by atoms with E-state index in [1.54, 1.807) is 17.2 Å². The van der Waals surface area contributed by atoms with E-state index in [0.717, 1.165) is 0 Å². The summed E-state index contributed by atoms with van der Waals surface area (Å²) in [6.45, 7) is 2.26. The van der Waals surface area contributed by atoms with Crippen LogP contribution < -0.4 is 22.1 Å². The Balaban J connectivity index is 1.13. The number of nitrogens with two attached hydrogens (primary N) is 2. The molecular formula is C22H26ClN9O4. The predicted molar refractivity (Wildman–Crippen MR) is 130 cm³/mol. The van der Waals surface area contributed by atoms with Gasteiger partial charge in [-0.2, -0.15) is 0 Å². The van der Waals surface area contributed by atoms with Crippen molar-refractivity contribution in [2.45, 2.75) is 31.3 Å². The lowest BCUT2D eigenvalue weighted by molar-refractivity contribution is -0.137. The molecule has 3 aliphatic rings. The highest BCUT2D eigenvalue weighted by atomic mass is 35.5. The van der Waals surface area contributed by atoms with Crippen LogP contribution in [0.5, 0.6) is 0 Å². The van der Waals surface area contributed by atoms with E-state index in [4.69, 9.17) is 27.5 Å². The van der Waals surface area contributed by atoms with Crippen molar-refractivity contribution in [3.63, 3.8) is 0 Å². The zero-order valence-corrected chi connectivity index (χ0v) is 20.1. The number of furan rings is 1. The number of carbonyl (C=O) groups excluding carboxylic acids is 3. The molecule has 0 aromatic carbocycles. The smallest absolute Gasteiger partial charge is 0.280 e. The number of hydrogen-bond donors (Lipinski definition) is 4. The van der Waals surface area contributed by atoms with Gasteiger partial charge in [0.15, 0.2) is 28.4 Å². The van der Waals surface area contributed by atoms with Gasteiger partial charge in [-0.15, -0.1) is 0 Å². The lowest BCUT2D eigenvalue weighted by atomic mass is 9.87. The standard InChI is InChI=1S/C22H26ClN9O4/c23-16-18(25)28-17(24)15(27-16)19(34)29-21-26-11-22(30-21)3-5-31(6-4-22)20(35)12-8-14(33)32(9-12)10-13-2-1-7-36-13/h1-2,7,12H,3-6,8-11H2,(H4,24,25,28)(H2,26,29,30,34). The molecule has 13 nitrogen and oxygen atoms in total. The summed E-state index contributed by atoms with van der Waals surface area (Å²) < 4.78 is 5.33. The molecule has 1 spiro atoms. The molecule has 0 radical (unpaired) electrons. The minimum absolute atomic E-state index is 0.0122. The van der Waals surface area contributed by atoms with Crippen molar-refractivity contribution in [3.8, 4) is 0 Å². The molecule has 0 saturated carbocycles. The molecule has 2 saturated heterocycles. The Morgan fingerprint density at radius 1 is 1.25 bits per heavy atom. The van der Waals surface area contributed by atoms with E-state index in [9.17, 15) is 14.4 Å². The van der Waals surface area contributed by atoms with Crippen molar-refractivity contribution in [1.29, 1.82) is 0 Å². The third-order valence-electron chi connectivity index (χ3n) is 6.80. The fraction of sp³-hybridized carbons (Fsp3) is 0.455. The number of amides is 3. The SMILES string of the molecule is Nc1nc(N)c(C(=O)NC2=NCC3(CCN(C(=O)C4CC(=O)N(Cc5ccco5)C4)CC3)N2)nc1Cl. The second kappa shape index (κ2) is 9.30. The van der Waals surface area contributed by atoms with Gasteiger partial charge in [-0.3, -0.25) is 24.7 Å². The Bertz CT molecular complexity index is 1220. The molecule has 1 atom stereocenters. The third kappa shape index (κ3) is 4.65. The van der Waals surface area contributed by atoms with Crippen LogP contribution in [0.3, 0.4) is 0 Å². The van der Waals surface area contributed by atoms with Crippen molar-refractivity contribution in [2.24, 2.45) is 10.9 Å². The highest BCUT2D eigenvalue weighted by Crippen LogP contribution is 2.29. The summed E-state index contributed by atoms with van der Waals surface area (Å²) >= 11 is 5.86. The Morgan fingerprint density at radius 2 is 2.03 bits per heavy atom. The normalized spacial score (nSPS) is 21.0. The van der Waals surface area contributed by atoms with E-state index < -0.39 is 5.91 Å². The molecule has 3 aliphatic heterocycles. The summed E-state index contributed by atoms with van der Waals surface area (Å²) in [5.41, 5.74) is 10.8. The van der Waals surface area contributed by atoms with E-state index in [2.05, 4.69) is 25.6 Å². The van der Waals surface area contributed by atoms with Gasteiger partial charge >= 0.3 is 0 Å². The lowest BCUT2D eigenvalue weighted by Crippen LogP contribution is -2.57. The van der Waals surface area contributed by atoms with E-state index >= 15 is 0 Å². The van der Waals surface area contributed by atoms with Crippen molar-refractivity contribution in [3.05, 3.63) is 35.0 Å². The Morgan fingerprint density at radius 3 is 2.75 bits per heavy atom. The van der Waals surface area contributed by atoms with Crippen molar-refractivity contribution in [2.75, 3.05) is 37.6 Å². The van der Waals surface area contributed by atoms with E-state index in [1.807, 2.05) is 11.0 Å². The molecule has 3 amide bonds. The number of nitrogen functional groups attached to an aromatic ring is 2. The van der Waals surface area contributed by atoms with Gasteiger partial charge in [0.1, 0.15) is 5.76 Å². The summed E-state index contributed by atoms with van der Waals surface area (Å²) in [4.78, 5) is 53.7. The maximum absolute atomic E-state index is 13.1. The van der Waals surface area contributed by atoms with Gasteiger partial charge in [0.2, 0.25) is 11.8 Å². The van der Waals surface area contributed by atoms with Gasteiger partial charge in [0.25, 0.3) is 5.91 Å². The quantitative estimate of drug-likeness (QED) is 0.434. The number of hydrogen-bond acceptors (Lipinski definition) is 10. The van der Waals surface area contributed by atoms with Crippen LogP contribution in [0.4, 0.5) is 11.6 Å². The van der Waals surface area contributed by atoms with E-state index in [0.29, 0.717) is 57.3 Å². The Kier molecular flexibility index (Phi) is 6.16. The average Bonchev–Trinajstić information content (AvgIpc) is 3.58. The number of nitrogens with one attached hydrogen (secondary N) is 2. The Hall–Kier alpha value is -3.87. The average molecular weight is 516 g/mol.